The maximum Gasteiger partial charge on any atom is 0.181 e. The number of alkyl halides is 1. The van der Waals surface area contributed by atoms with E-state index >= 15 is 0 Å². The van der Waals surface area contributed by atoms with Gasteiger partial charge in [0.15, 0.2) is 5.78 Å². The van der Waals surface area contributed by atoms with Crippen molar-refractivity contribution in [3.63, 3.8) is 0 Å². The summed E-state index contributed by atoms with van der Waals surface area (Å²) in [6, 6.07) is 5.47. The number of ether oxygens (including phenoxy) is 1. The Bertz CT molecular complexity index is 321. The van der Waals surface area contributed by atoms with Gasteiger partial charge < -0.3 is 4.74 Å². The molecule has 0 N–H and O–H groups in total. The minimum absolute atomic E-state index is 0.0127. The second-order valence-corrected chi connectivity index (χ2v) is 2.98. The fourth-order valence-electron chi connectivity index (χ4n) is 1.24. The van der Waals surface area contributed by atoms with Crippen LogP contribution in [0, 0.1) is 6.92 Å². The van der Waals surface area contributed by atoms with Crippen LogP contribution >= 0.6 is 11.6 Å². The van der Waals surface area contributed by atoms with E-state index in [1.165, 1.54) is 0 Å². The Morgan fingerprint density at radius 2 is 2.23 bits per heavy atom. The Labute approximate surface area is 82.5 Å². The molecule has 1 aromatic carbocycles. The molecule has 1 aromatic rings. The molecule has 13 heavy (non-hydrogen) atoms. The van der Waals surface area contributed by atoms with Crippen molar-refractivity contribution < 1.29 is 9.53 Å². The van der Waals surface area contributed by atoms with Gasteiger partial charge in [0.2, 0.25) is 0 Å². The third kappa shape index (κ3) is 2.01. The molecule has 0 saturated heterocycles. The van der Waals surface area contributed by atoms with Crippen LogP contribution in [0.25, 0.3) is 0 Å². The Kier molecular flexibility index (Phi) is 3.32. The number of hydrogen-bond acceptors (Lipinski definition) is 2. The van der Waals surface area contributed by atoms with E-state index in [1.807, 2.05) is 19.1 Å². The number of benzene rings is 1. The molecule has 70 valence electrons. The highest BCUT2D eigenvalue weighted by molar-refractivity contribution is 6.31. The lowest BCUT2D eigenvalue weighted by molar-refractivity contribution is 0.101. The molecule has 0 aliphatic rings. The van der Waals surface area contributed by atoms with Crippen LogP contribution in [-0.4, -0.2) is 18.8 Å². The SMILES string of the molecule is COc1cccc(C)c1C(=O)CCl. The Morgan fingerprint density at radius 3 is 2.77 bits per heavy atom. The summed E-state index contributed by atoms with van der Waals surface area (Å²) in [5, 5.41) is 0. The maximum absolute atomic E-state index is 11.4. The van der Waals surface area contributed by atoms with Gasteiger partial charge in [0.1, 0.15) is 5.75 Å². The van der Waals surface area contributed by atoms with Crippen molar-refractivity contribution in [2.24, 2.45) is 0 Å². The summed E-state index contributed by atoms with van der Waals surface area (Å²) in [4.78, 5) is 11.4. The molecule has 0 radical (unpaired) electrons. The number of halogens is 1. The molecule has 0 aliphatic carbocycles. The van der Waals surface area contributed by atoms with Crippen LogP contribution < -0.4 is 4.74 Å². The highest BCUT2D eigenvalue weighted by Crippen LogP contribution is 2.22. The zero-order valence-electron chi connectivity index (χ0n) is 7.63. The molecular formula is C10H11ClO2. The van der Waals surface area contributed by atoms with E-state index in [0.717, 1.165) is 5.56 Å². The lowest BCUT2D eigenvalue weighted by Gasteiger charge is -2.08. The normalized spacial score (nSPS) is 9.77. The monoisotopic (exact) mass is 198 g/mol. The van der Waals surface area contributed by atoms with Crippen molar-refractivity contribution in [3.8, 4) is 5.75 Å². The largest absolute Gasteiger partial charge is 0.496 e. The lowest BCUT2D eigenvalue weighted by atomic mass is 10.0. The van der Waals surface area contributed by atoms with Crippen LogP contribution in [0.1, 0.15) is 15.9 Å². The third-order valence-electron chi connectivity index (χ3n) is 1.85. The molecule has 0 spiro atoms. The van der Waals surface area contributed by atoms with E-state index < -0.39 is 0 Å². The first kappa shape index (κ1) is 10.1. The van der Waals surface area contributed by atoms with Crippen LogP contribution in [0.3, 0.4) is 0 Å². The molecule has 2 nitrogen and oxygen atoms in total. The molecule has 0 unspecified atom stereocenters. The van der Waals surface area contributed by atoms with E-state index in [0.29, 0.717) is 11.3 Å². The standard InChI is InChI=1S/C10H11ClO2/c1-7-4-3-5-9(13-2)10(7)8(12)6-11/h3-5H,6H2,1-2H3. The third-order valence-corrected chi connectivity index (χ3v) is 2.10. The van der Waals surface area contributed by atoms with Gasteiger partial charge in [-0.3, -0.25) is 4.79 Å². The molecule has 0 bridgehead atoms. The summed E-state index contributed by atoms with van der Waals surface area (Å²) in [7, 11) is 1.54. The van der Waals surface area contributed by atoms with Gasteiger partial charge in [-0.15, -0.1) is 11.6 Å². The molecule has 0 heterocycles. The van der Waals surface area contributed by atoms with Gasteiger partial charge in [-0.25, -0.2) is 0 Å². The number of methoxy groups -OCH3 is 1. The minimum atomic E-state index is -0.100. The van der Waals surface area contributed by atoms with E-state index in [1.54, 1.807) is 13.2 Å². The maximum atomic E-state index is 11.4. The molecule has 3 heteroatoms. The summed E-state index contributed by atoms with van der Waals surface area (Å²) in [6.45, 7) is 1.86. The first-order valence-corrected chi connectivity index (χ1v) is 4.47. The van der Waals surface area contributed by atoms with Gasteiger partial charge in [-0.05, 0) is 18.6 Å². The smallest absolute Gasteiger partial charge is 0.181 e. The number of rotatable bonds is 3. The topological polar surface area (TPSA) is 26.3 Å². The number of aryl methyl sites for hydroxylation is 1. The van der Waals surface area contributed by atoms with Gasteiger partial charge in [0.25, 0.3) is 0 Å². The zero-order valence-corrected chi connectivity index (χ0v) is 8.39. The summed E-state index contributed by atoms with van der Waals surface area (Å²) < 4.78 is 5.07. The Hall–Kier alpha value is -1.02. The molecule has 1 rings (SSSR count). The van der Waals surface area contributed by atoms with Crippen LogP contribution in [0.15, 0.2) is 18.2 Å². The molecule has 0 fully saturated rings. The number of hydrogen-bond donors (Lipinski definition) is 0. The van der Waals surface area contributed by atoms with Crippen molar-refractivity contribution >= 4 is 17.4 Å². The van der Waals surface area contributed by atoms with Gasteiger partial charge in [-0.1, -0.05) is 12.1 Å². The first-order valence-electron chi connectivity index (χ1n) is 3.93. The average Bonchev–Trinajstić information content (AvgIpc) is 2.16. The number of carbonyl (C=O) groups excluding carboxylic acids is 1. The molecular weight excluding hydrogens is 188 g/mol. The Balaban J connectivity index is 3.22. The first-order chi connectivity index (χ1) is 6.20. The van der Waals surface area contributed by atoms with Crippen molar-refractivity contribution in [2.75, 3.05) is 13.0 Å². The molecule has 0 aliphatic heterocycles. The fraction of sp³-hybridized carbons (Fsp3) is 0.300. The molecule has 0 aromatic heterocycles. The summed E-state index contributed by atoms with van der Waals surface area (Å²) >= 11 is 5.48. The Morgan fingerprint density at radius 1 is 1.54 bits per heavy atom. The average molecular weight is 199 g/mol. The highest BCUT2D eigenvalue weighted by Gasteiger charge is 2.12. The van der Waals surface area contributed by atoms with Gasteiger partial charge in [-0.2, -0.15) is 0 Å². The van der Waals surface area contributed by atoms with Crippen molar-refractivity contribution in [3.05, 3.63) is 29.3 Å². The molecule has 0 amide bonds. The predicted molar refractivity (Wildman–Crippen MR) is 52.8 cm³/mol. The second kappa shape index (κ2) is 4.28. The van der Waals surface area contributed by atoms with E-state index in [-0.39, 0.29) is 11.7 Å². The van der Waals surface area contributed by atoms with Gasteiger partial charge in [0.05, 0.1) is 18.6 Å². The van der Waals surface area contributed by atoms with Crippen LogP contribution in [0.4, 0.5) is 0 Å². The fourth-order valence-corrected chi connectivity index (χ4v) is 1.37. The number of Topliss-reactive ketones (excluding diaryl/α,β-unsaturated/α-hetero) is 1. The highest BCUT2D eigenvalue weighted by atomic mass is 35.5. The predicted octanol–water partition coefficient (Wildman–Crippen LogP) is 2.43. The van der Waals surface area contributed by atoms with Crippen molar-refractivity contribution in [1.29, 1.82) is 0 Å². The number of ketones is 1. The van der Waals surface area contributed by atoms with E-state index in [2.05, 4.69) is 0 Å². The number of carbonyl (C=O) groups is 1. The lowest BCUT2D eigenvalue weighted by Crippen LogP contribution is -2.05. The molecule has 0 atom stereocenters. The molecule has 0 saturated carbocycles. The van der Waals surface area contributed by atoms with Gasteiger partial charge >= 0.3 is 0 Å². The van der Waals surface area contributed by atoms with Gasteiger partial charge in [0, 0.05) is 0 Å². The van der Waals surface area contributed by atoms with Crippen LogP contribution in [-0.2, 0) is 0 Å². The summed E-state index contributed by atoms with van der Waals surface area (Å²) in [5.74, 6) is 0.476. The second-order valence-electron chi connectivity index (χ2n) is 2.71. The summed E-state index contributed by atoms with van der Waals surface area (Å²) in [6.07, 6.45) is 0. The minimum Gasteiger partial charge on any atom is -0.496 e. The van der Waals surface area contributed by atoms with E-state index in [4.69, 9.17) is 16.3 Å². The quantitative estimate of drug-likeness (QED) is 0.551. The zero-order chi connectivity index (χ0) is 9.84. The van der Waals surface area contributed by atoms with E-state index in [9.17, 15) is 4.79 Å². The van der Waals surface area contributed by atoms with Crippen LogP contribution in [0.5, 0.6) is 5.75 Å². The van der Waals surface area contributed by atoms with Crippen molar-refractivity contribution in [1.82, 2.24) is 0 Å². The van der Waals surface area contributed by atoms with Crippen LogP contribution in [0.2, 0.25) is 0 Å². The van der Waals surface area contributed by atoms with Crippen molar-refractivity contribution in [2.45, 2.75) is 6.92 Å². The summed E-state index contributed by atoms with van der Waals surface area (Å²) in [5.41, 5.74) is 1.48.